The van der Waals surface area contributed by atoms with Crippen LogP contribution in [0.2, 0.25) is 0 Å². The number of para-hydroxylation sites is 1. The number of methoxy groups -OCH3 is 1. The molecule has 0 spiro atoms. The molecule has 1 atom stereocenters. The molecule has 1 fully saturated rings. The Morgan fingerprint density at radius 3 is 2.85 bits per heavy atom. The van der Waals surface area contributed by atoms with Crippen LogP contribution >= 0.6 is 0 Å². The maximum atomic E-state index is 13.6. The van der Waals surface area contributed by atoms with Crippen LogP contribution in [0.3, 0.4) is 0 Å². The van der Waals surface area contributed by atoms with Gasteiger partial charge in [-0.3, -0.25) is 9.69 Å². The number of carbonyl (C=O) groups is 1. The molecule has 0 saturated carbocycles. The minimum atomic E-state index is -0.452. The molecule has 0 N–H and O–H groups in total. The van der Waals surface area contributed by atoms with Crippen molar-refractivity contribution in [1.29, 1.82) is 0 Å². The molecule has 2 heterocycles. The predicted octanol–water partition coefficient (Wildman–Crippen LogP) is 4.30. The van der Waals surface area contributed by atoms with Gasteiger partial charge in [-0.1, -0.05) is 44.2 Å². The number of rotatable bonds is 8. The minimum Gasteiger partial charge on any atom is -0.496 e. The Labute approximate surface area is 203 Å². The summed E-state index contributed by atoms with van der Waals surface area (Å²) in [6.45, 7) is 9.08. The Balaban J connectivity index is 1.45. The number of carbonyl (C=O) groups excluding carboxylic acids is 1. The monoisotopic (exact) mass is 466 g/mol. The number of amides is 1. The van der Waals surface area contributed by atoms with Gasteiger partial charge in [-0.05, 0) is 48.4 Å². The van der Waals surface area contributed by atoms with E-state index in [2.05, 4.69) is 43.0 Å². The Morgan fingerprint density at radius 1 is 1.18 bits per heavy atom. The van der Waals surface area contributed by atoms with E-state index < -0.39 is 6.10 Å². The SMILES string of the molecule is COc1ccccc1CN1CCOC(C(=O)N(Cc2ccc3c(c2)CCCCO3)CC(C)C)C1. The summed E-state index contributed by atoms with van der Waals surface area (Å²) < 4.78 is 17.4. The van der Waals surface area contributed by atoms with E-state index in [1.165, 1.54) is 5.56 Å². The van der Waals surface area contributed by atoms with Crippen molar-refractivity contribution in [2.24, 2.45) is 5.92 Å². The largest absolute Gasteiger partial charge is 0.496 e. The summed E-state index contributed by atoms with van der Waals surface area (Å²) >= 11 is 0. The lowest BCUT2D eigenvalue weighted by Crippen LogP contribution is -2.51. The van der Waals surface area contributed by atoms with Gasteiger partial charge in [0.2, 0.25) is 0 Å². The third kappa shape index (κ3) is 6.30. The van der Waals surface area contributed by atoms with Crippen LogP contribution in [0.1, 0.15) is 43.4 Å². The average Bonchev–Trinajstić information content (AvgIpc) is 3.08. The highest BCUT2D eigenvalue weighted by molar-refractivity contribution is 5.81. The summed E-state index contributed by atoms with van der Waals surface area (Å²) in [5, 5.41) is 0. The summed E-state index contributed by atoms with van der Waals surface area (Å²) in [5.74, 6) is 2.32. The molecule has 0 aromatic heterocycles. The molecule has 0 bridgehead atoms. The number of aryl methyl sites for hydroxylation is 1. The lowest BCUT2D eigenvalue weighted by molar-refractivity contribution is -0.151. The van der Waals surface area contributed by atoms with Gasteiger partial charge < -0.3 is 19.1 Å². The van der Waals surface area contributed by atoms with E-state index in [-0.39, 0.29) is 5.91 Å². The van der Waals surface area contributed by atoms with Crippen molar-refractivity contribution in [2.45, 2.75) is 52.3 Å². The minimum absolute atomic E-state index is 0.0737. The Morgan fingerprint density at radius 2 is 2.03 bits per heavy atom. The number of nitrogens with zero attached hydrogens (tertiary/aromatic N) is 2. The molecule has 6 heteroatoms. The molecule has 0 radical (unpaired) electrons. The van der Waals surface area contributed by atoms with Gasteiger partial charge in [0.15, 0.2) is 0 Å². The zero-order valence-electron chi connectivity index (χ0n) is 20.8. The smallest absolute Gasteiger partial charge is 0.253 e. The second-order valence-corrected chi connectivity index (χ2v) is 9.77. The van der Waals surface area contributed by atoms with E-state index in [9.17, 15) is 4.79 Å². The first-order chi connectivity index (χ1) is 16.5. The first kappa shape index (κ1) is 24.6. The molecular formula is C28H38N2O4. The quantitative estimate of drug-likeness (QED) is 0.581. The second kappa shape index (κ2) is 11.7. The fourth-order valence-electron chi connectivity index (χ4n) is 4.83. The molecule has 1 amide bonds. The van der Waals surface area contributed by atoms with E-state index in [0.29, 0.717) is 32.2 Å². The van der Waals surface area contributed by atoms with E-state index in [1.54, 1.807) is 7.11 Å². The number of morpholine rings is 1. The van der Waals surface area contributed by atoms with Gasteiger partial charge in [0.25, 0.3) is 5.91 Å². The van der Waals surface area contributed by atoms with Crippen molar-refractivity contribution in [3.05, 3.63) is 59.2 Å². The van der Waals surface area contributed by atoms with Gasteiger partial charge in [0.1, 0.15) is 17.6 Å². The molecule has 6 nitrogen and oxygen atoms in total. The number of fused-ring (bicyclic) bond motifs is 1. The Kier molecular flexibility index (Phi) is 8.46. The van der Waals surface area contributed by atoms with Crippen LogP contribution < -0.4 is 9.47 Å². The molecule has 2 aromatic rings. The molecular weight excluding hydrogens is 428 g/mol. The maximum Gasteiger partial charge on any atom is 0.253 e. The van der Waals surface area contributed by atoms with Crippen LogP contribution in [0, 0.1) is 5.92 Å². The number of benzene rings is 2. The number of hydrogen-bond donors (Lipinski definition) is 0. The van der Waals surface area contributed by atoms with Crippen LogP contribution in [-0.2, 0) is 29.0 Å². The summed E-state index contributed by atoms with van der Waals surface area (Å²) in [5.41, 5.74) is 3.54. The van der Waals surface area contributed by atoms with Gasteiger partial charge >= 0.3 is 0 Å². The first-order valence-electron chi connectivity index (χ1n) is 12.5. The van der Waals surface area contributed by atoms with E-state index >= 15 is 0 Å². The zero-order valence-corrected chi connectivity index (χ0v) is 20.8. The fraction of sp³-hybridized carbons (Fsp3) is 0.536. The molecule has 2 aliphatic heterocycles. The van der Waals surface area contributed by atoms with Crippen LogP contribution in [0.5, 0.6) is 11.5 Å². The van der Waals surface area contributed by atoms with Gasteiger partial charge in [0.05, 0.1) is 20.3 Å². The van der Waals surface area contributed by atoms with Crippen molar-refractivity contribution >= 4 is 5.91 Å². The summed E-state index contributed by atoms with van der Waals surface area (Å²) in [6.07, 6.45) is 2.81. The number of hydrogen-bond acceptors (Lipinski definition) is 5. The Bertz CT molecular complexity index is 961. The predicted molar refractivity (Wildman–Crippen MR) is 133 cm³/mol. The molecule has 1 unspecified atom stereocenters. The molecule has 2 aliphatic rings. The van der Waals surface area contributed by atoms with Crippen molar-refractivity contribution in [2.75, 3.05) is 40.0 Å². The molecule has 2 aromatic carbocycles. The average molecular weight is 467 g/mol. The van der Waals surface area contributed by atoms with E-state index in [1.807, 2.05) is 23.1 Å². The summed E-state index contributed by atoms with van der Waals surface area (Å²) in [7, 11) is 1.70. The lowest BCUT2D eigenvalue weighted by atomic mass is 10.0. The normalized spacial score (nSPS) is 18.6. The van der Waals surface area contributed by atoms with E-state index in [0.717, 1.165) is 61.6 Å². The third-order valence-corrected chi connectivity index (χ3v) is 6.51. The lowest BCUT2D eigenvalue weighted by Gasteiger charge is -2.36. The van der Waals surface area contributed by atoms with Crippen LogP contribution in [-0.4, -0.2) is 61.8 Å². The highest BCUT2D eigenvalue weighted by Crippen LogP contribution is 2.26. The highest BCUT2D eigenvalue weighted by Gasteiger charge is 2.31. The van der Waals surface area contributed by atoms with Crippen molar-refractivity contribution < 1.29 is 19.0 Å². The van der Waals surface area contributed by atoms with Gasteiger partial charge in [-0.15, -0.1) is 0 Å². The Hall–Kier alpha value is -2.57. The van der Waals surface area contributed by atoms with Crippen molar-refractivity contribution in [1.82, 2.24) is 9.80 Å². The van der Waals surface area contributed by atoms with Crippen molar-refractivity contribution in [3.8, 4) is 11.5 Å². The summed E-state index contributed by atoms with van der Waals surface area (Å²) in [4.78, 5) is 17.9. The van der Waals surface area contributed by atoms with Crippen LogP contribution in [0.25, 0.3) is 0 Å². The maximum absolute atomic E-state index is 13.6. The van der Waals surface area contributed by atoms with Crippen LogP contribution in [0.4, 0.5) is 0 Å². The second-order valence-electron chi connectivity index (χ2n) is 9.77. The highest BCUT2D eigenvalue weighted by atomic mass is 16.5. The van der Waals surface area contributed by atoms with Gasteiger partial charge in [-0.25, -0.2) is 0 Å². The van der Waals surface area contributed by atoms with Gasteiger partial charge in [-0.2, -0.15) is 0 Å². The first-order valence-corrected chi connectivity index (χ1v) is 12.5. The fourth-order valence-corrected chi connectivity index (χ4v) is 4.83. The van der Waals surface area contributed by atoms with Gasteiger partial charge in [0, 0.05) is 38.3 Å². The molecule has 0 aliphatic carbocycles. The molecule has 4 rings (SSSR count). The molecule has 184 valence electrons. The topological polar surface area (TPSA) is 51.2 Å². The summed E-state index contributed by atoms with van der Waals surface area (Å²) in [6, 6.07) is 14.5. The van der Waals surface area contributed by atoms with E-state index in [4.69, 9.17) is 14.2 Å². The van der Waals surface area contributed by atoms with Crippen LogP contribution in [0.15, 0.2) is 42.5 Å². The number of ether oxygens (including phenoxy) is 3. The third-order valence-electron chi connectivity index (χ3n) is 6.51. The zero-order chi connectivity index (χ0) is 23.9. The molecule has 1 saturated heterocycles. The standard InChI is InChI=1S/C28H38N2O4/c1-21(2)17-30(18-22-11-12-26-23(16-22)8-6-7-14-33-26)28(31)27-20-29(13-15-34-27)19-24-9-4-5-10-25(24)32-3/h4-5,9-12,16,21,27H,6-8,13-15,17-20H2,1-3H3. The molecule has 34 heavy (non-hydrogen) atoms. The van der Waals surface area contributed by atoms with Crippen molar-refractivity contribution in [3.63, 3.8) is 0 Å².